The summed E-state index contributed by atoms with van der Waals surface area (Å²) < 4.78 is 11.3. The van der Waals surface area contributed by atoms with E-state index in [1.54, 1.807) is 33.5 Å². The SMILES string of the molecule is Cc1ccc(C(O)CNCCOc2ccc(-c3coc(C(C)C(=O)N(C)C)n3)cc2)cn1. The first-order valence-corrected chi connectivity index (χ1v) is 10.6. The predicted molar refractivity (Wildman–Crippen MR) is 121 cm³/mol. The van der Waals surface area contributed by atoms with E-state index in [9.17, 15) is 9.90 Å². The van der Waals surface area contributed by atoms with Crippen molar-refractivity contribution in [1.82, 2.24) is 20.2 Å². The zero-order chi connectivity index (χ0) is 23.1. The average molecular weight is 439 g/mol. The first-order valence-electron chi connectivity index (χ1n) is 10.6. The molecular weight excluding hydrogens is 408 g/mol. The summed E-state index contributed by atoms with van der Waals surface area (Å²) in [6, 6.07) is 11.3. The second-order valence-corrected chi connectivity index (χ2v) is 7.85. The molecule has 0 saturated carbocycles. The number of aliphatic hydroxyl groups excluding tert-OH is 1. The first-order chi connectivity index (χ1) is 15.3. The molecule has 0 bridgehead atoms. The van der Waals surface area contributed by atoms with Crippen molar-refractivity contribution in [2.45, 2.75) is 25.9 Å². The van der Waals surface area contributed by atoms with Crippen molar-refractivity contribution in [1.29, 1.82) is 0 Å². The van der Waals surface area contributed by atoms with Gasteiger partial charge in [-0.15, -0.1) is 0 Å². The third-order valence-electron chi connectivity index (χ3n) is 5.06. The van der Waals surface area contributed by atoms with Gasteiger partial charge in [-0.25, -0.2) is 4.98 Å². The molecule has 3 rings (SSSR count). The van der Waals surface area contributed by atoms with Gasteiger partial charge in [0.05, 0.1) is 6.10 Å². The van der Waals surface area contributed by atoms with Gasteiger partial charge >= 0.3 is 0 Å². The van der Waals surface area contributed by atoms with E-state index < -0.39 is 12.0 Å². The van der Waals surface area contributed by atoms with E-state index in [-0.39, 0.29) is 5.91 Å². The molecule has 32 heavy (non-hydrogen) atoms. The van der Waals surface area contributed by atoms with E-state index >= 15 is 0 Å². The lowest BCUT2D eigenvalue weighted by Crippen LogP contribution is -2.26. The lowest BCUT2D eigenvalue weighted by Gasteiger charge is -2.13. The predicted octanol–water partition coefficient (Wildman–Crippen LogP) is 2.94. The number of aliphatic hydroxyl groups is 1. The maximum atomic E-state index is 12.1. The molecule has 170 valence electrons. The Morgan fingerprint density at radius 3 is 2.62 bits per heavy atom. The summed E-state index contributed by atoms with van der Waals surface area (Å²) in [6.07, 6.45) is 2.65. The summed E-state index contributed by atoms with van der Waals surface area (Å²) in [4.78, 5) is 22.3. The lowest BCUT2D eigenvalue weighted by atomic mass is 10.1. The van der Waals surface area contributed by atoms with Crippen LogP contribution in [-0.2, 0) is 4.79 Å². The number of hydrogen-bond acceptors (Lipinski definition) is 7. The fraction of sp³-hybridized carbons (Fsp3) is 0.375. The molecule has 2 N–H and O–H groups in total. The van der Waals surface area contributed by atoms with Crippen LogP contribution in [0.3, 0.4) is 0 Å². The molecule has 2 unspecified atom stereocenters. The van der Waals surface area contributed by atoms with Crippen molar-refractivity contribution in [2.24, 2.45) is 0 Å². The number of nitrogens with one attached hydrogen (secondary N) is 1. The van der Waals surface area contributed by atoms with E-state index in [4.69, 9.17) is 9.15 Å². The molecule has 2 heterocycles. The monoisotopic (exact) mass is 438 g/mol. The molecule has 8 nitrogen and oxygen atoms in total. The molecule has 3 aromatic rings. The first kappa shape index (κ1) is 23.4. The summed E-state index contributed by atoms with van der Waals surface area (Å²) >= 11 is 0. The number of carbonyl (C=O) groups is 1. The van der Waals surface area contributed by atoms with Crippen molar-refractivity contribution in [3.63, 3.8) is 0 Å². The van der Waals surface area contributed by atoms with Gasteiger partial charge in [-0.3, -0.25) is 9.78 Å². The smallest absolute Gasteiger partial charge is 0.234 e. The summed E-state index contributed by atoms with van der Waals surface area (Å²) in [6.45, 7) is 5.19. The van der Waals surface area contributed by atoms with Crippen LogP contribution in [0.2, 0.25) is 0 Å². The van der Waals surface area contributed by atoms with Crippen LogP contribution in [0.15, 0.2) is 53.3 Å². The number of carbonyl (C=O) groups excluding carboxylic acids is 1. The molecule has 2 atom stereocenters. The Balaban J connectivity index is 1.44. The molecule has 1 aromatic carbocycles. The van der Waals surface area contributed by atoms with Gasteiger partial charge in [0.25, 0.3) is 0 Å². The maximum absolute atomic E-state index is 12.1. The highest BCUT2D eigenvalue weighted by Gasteiger charge is 2.22. The van der Waals surface area contributed by atoms with Crippen LogP contribution >= 0.6 is 0 Å². The number of likely N-dealkylation sites (N-methyl/N-ethyl adjacent to an activating group) is 1. The van der Waals surface area contributed by atoms with Crippen molar-refractivity contribution in [3.05, 3.63) is 66.0 Å². The van der Waals surface area contributed by atoms with Crippen molar-refractivity contribution in [3.8, 4) is 17.0 Å². The normalized spacial score (nSPS) is 12.9. The van der Waals surface area contributed by atoms with Gasteiger partial charge < -0.3 is 24.5 Å². The highest BCUT2D eigenvalue weighted by Crippen LogP contribution is 2.25. The van der Waals surface area contributed by atoms with Crippen LogP contribution in [0.25, 0.3) is 11.3 Å². The number of rotatable bonds is 10. The second-order valence-electron chi connectivity index (χ2n) is 7.85. The molecular formula is C24H30N4O4. The van der Waals surface area contributed by atoms with Gasteiger partial charge in [0.2, 0.25) is 11.8 Å². The van der Waals surface area contributed by atoms with Crippen molar-refractivity contribution >= 4 is 5.91 Å². The number of pyridine rings is 1. The van der Waals surface area contributed by atoms with Crippen molar-refractivity contribution in [2.75, 3.05) is 33.8 Å². The number of aryl methyl sites for hydroxylation is 1. The Kier molecular flexibility index (Phi) is 7.97. The third-order valence-corrected chi connectivity index (χ3v) is 5.06. The number of nitrogens with zero attached hydrogens (tertiary/aromatic N) is 3. The molecule has 0 spiro atoms. The van der Waals surface area contributed by atoms with Gasteiger partial charge in [-0.05, 0) is 44.2 Å². The molecule has 0 saturated heterocycles. The zero-order valence-electron chi connectivity index (χ0n) is 18.9. The van der Waals surface area contributed by atoms with Gasteiger partial charge in [0.15, 0.2) is 0 Å². The number of hydrogen-bond donors (Lipinski definition) is 2. The van der Waals surface area contributed by atoms with Crippen molar-refractivity contribution < 1.29 is 19.1 Å². The van der Waals surface area contributed by atoms with Gasteiger partial charge in [-0.2, -0.15) is 0 Å². The highest BCUT2D eigenvalue weighted by molar-refractivity contribution is 5.81. The number of benzene rings is 1. The average Bonchev–Trinajstić information content (AvgIpc) is 3.29. The molecule has 0 aliphatic heterocycles. The minimum atomic E-state index is -0.606. The number of aromatic nitrogens is 2. The molecule has 0 aliphatic carbocycles. The minimum absolute atomic E-state index is 0.0567. The molecule has 0 fully saturated rings. The van der Waals surface area contributed by atoms with Crippen LogP contribution in [0, 0.1) is 6.92 Å². The van der Waals surface area contributed by atoms with E-state index in [1.165, 1.54) is 4.90 Å². The largest absolute Gasteiger partial charge is 0.492 e. The quantitative estimate of drug-likeness (QED) is 0.469. The Labute approximate surface area is 188 Å². The third kappa shape index (κ3) is 6.15. The van der Waals surface area contributed by atoms with Crippen LogP contribution < -0.4 is 10.1 Å². The topological polar surface area (TPSA) is 101 Å². The summed E-state index contributed by atoms with van der Waals surface area (Å²) in [7, 11) is 3.42. The van der Waals surface area contributed by atoms with Crippen LogP contribution in [0.1, 0.15) is 36.1 Å². The Bertz CT molecular complexity index is 1000. The minimum Gasteiger partial charge on any atom is -0.492 e. The number of oxazole rings is 1. The van der Waals surface area contributed by atoms with Gasteiger partial charge in [0, 0.05) is 50.2 Å². The fourth-order valence-corrected chi connectivity index (χ4v) is 3.11. The van der Waals surface area contributed by atoms with Crippen LogP contribution in [0.4, 0.5) is 0 Å². The van der Waals surface area contributed by atoms with Gasteiger partial charge in [0.1, 0.15) is 30.2 Å². The Hall–Kier alpha value is -3.23. The Morgan fingerprint density at radius 1 is 1.22 bits per heavy atom. The lowest BCUT2D eigenvalue weighted by molar-refractivity contribution is -0.130. The van der Waals surface area contributed by atoms with Crippen LogP contribution in [-0.4, -0.2) is 59.7 Å². The Morgan fingerprint density at radius 2 is 1.97 bits per heavy atom. The van der Waals surface area contributed by atoms with E-state index in [2.05, 4.69) is 15.3 Å². The fourth-order valence-electron chi connectivity index (χ4n) is 3.11. The standard InChI is InChI=1S/C24H30N4O4/c1-16-5-6-19(13-26-16)22(29)14-25-11-12-31-20-9-7-18(8-10-20)21-15-32-23(27-21)17(2)24(30)28(3)4/h5-10,13,15,17,22,25,29H,11-12,14H2,1-4H3. The maximum Gasteiger partial charge on any atom is 0.234 e. The van der Waals surface area contributed by atoms with E-state index in [0.717, 1.165) is 22.6 Å². The van der Waals surface area contributed by atoms with Crippen LogP contribution in [0.5, 0.6) is 5.75 Å². The zero-order valence-corrected chi connectivity index (χ0v) is 18.9. The highest BCUT2D eigenvalue weighted by atomic mass is 16.5. The number of amides is 1. The summed E-state index contributed by atoms with van der Waals surface area (Å²) in [5.74, 6) is 0.640. The number of ether oxygens (including phenoxy) is 1. The summed E-state index contributed by atoms with van der Waals surface area (Å²) in [5, 5.41) is 13.4. The molecule has 0 aliphatic rings. The van der Waals surface area contributed by atoms with E-state index in [0.29, 0.717) is 31.3 Å². The van der Waals surface area contributed by atoms with E-state index in [1.807, 2.05) is 43.3 Å². The molecule has 2 aromatic heterocycles. The summed E-state index contributed by atoms with van der Waals surface area (Å²) in [5.41, 5.74) is 3.26. The molecule has 8 heteroatoms. The molecule has 0 radical (unpaired) electrons. The van der Waals surface area contributed by atoms with Gasteiger partial charge in [-0.1, -0.05) is 6.07 Å². The molecule has 1 amide bonds. The second kappa shape index (κ2) is 10.9.